The van der Waals surface area contributed by atoms with E-state index in [0.29, 0.717) is 12.8 Å². The molecule has 22 heavy (non-hydrogen) atoms. The van der Waals surface area contributed by atoms with E-state index < -0.39 is 0 Å². The van der Waals surface area contributed by atoms with Crippen molar-refractivity contribution in [2.45, 2.75) is 32.6 Å². The molecule has 4 heteroatoms. The smallest absolute Gasteiger partial charge is 0.108 e. The van der Waals surface area contributed by atoms with Crippen LogP contribution in [0.4, 0.5) is 0 Å². The van der Waals surface area contributed by atoms with Crippen molar-refractivity contribution in [1.29, 1.82) is 0 Å². The molecule has 0 bridgehead atoms. The minimum absolute atomic E-state index is 0. The quantitative estimate of drug-likeness (QED) is 0.337. The molecule has 2 rings (SSSR count). The predicted molar refractivity (Wildman–Crippen MR) is 90.7 cm³/mol. The van der Waals surface area contributed by atoms with E-state index in [2.05, 4.69) is 12.6 Å². The average molecular weight is 358 g/mol. The minimum atomic E-state index is 0. The summed E-state index contributed by atoms with van der Waals surface area (Å²) in [5.41, 5.74) is 1.67. The largest absolute Gasteiger partial charge is 0.718 e. The van der Waals surface area contributed by atoms with Gasteiger partial charge in [0, 0.05) is 17.1 Å². The van der Waals surface area contributed by atoms with Crippen LogP contribution in [0.25, 0.3) is 0 Å². The van der Waals surface area contributed by atoms with Crippen LogP contribution in [0.5, 0.6) is 0 Å². The van der Waals surface area contributed by atoms with E-state index in [1.165, 1.54) is 0 Å². The topological polar surface area (TPSA) is 34.1 Å². The van der Waals surface area contributed by atoms with Crippen molar-refractivity contribution in [3.8, 4) is 0 Å². The Morgan fingerprint density at radius 2 is 1.64 bits per heavy atom. The Labute approximate surface area is 148 Å². The molecule has 0 aromatic heterocycles. The van der Waals surface area contributed by atoms with Crippen molar-refractivity contribution < 1.29 is 26.7 Å². The molecular weight excluding hydrogens is 336 g/mol. The molecule has 0 aliphatic carbocycles. The van der Waals surface area contributed by atoms with Gasteiger partial charge < -0.3 is 39.4 Å². The summed E-state index contributed by atoms with van der Waals surface area (Å²) in [6, 6.07) is 15.0. The maximum absolute atomic E-state index is 11.2. The Morgan fingerprint density at radius 1 is 1.05 bits per heavy atom. The van der Waals surface area contributed by atoms with Crippen molar-refractivity contribution in [1.82, 2.24) is 0 Å². The van der Waals surface area contributed by atoms with Crippen molar-refractivity contribution in [3.05, 3.63) is 59.7 Å². The van der Waals surface area contributed by atoms with E-state index in [1.807, 2.05) is 55.5 Å². The standard InChI is InChI=1S/C9H11OS.C9H11O.Fe/c10-9(6-3-7-11)8-4-1-2-5-8;1-2-5-9(10)8-6-3-4-7-8;/h1-2,4-5,11H,3,6-7H2;3-4,6-7H,2,5H2,1H3;/q-5;-1;. The van der Waals surface area contributed by atoms with Gasteiger partial charge >= 0.3 is 0 Å². The SMILES string of the molecule is CCCC(=O)[c-]1cccc1.O=C(CCCS)[c-]1[cH-][cH-][cH-][cH-]1.[Fe]. The summed E-state index contributed by atoms with van der Waals surface area (Å²) in [4.78, 5) is 22.3. The summed E-state index contributed by atoms with van der Waals surface area (Å²) in [6.07, 6.45) is 3.09. The van der Waals surface area contributed by atoms with E-state index in [1.54, 1.807) is 0 Å². The first-order chi connectivity index (χ1) is 10.2. The molecule has 126 valence electrons. The Hall–Kier alpha value is -1.09. The third-order valence-electron chi connectivity index (χ3n) is 3.01. The molecular formula is C18H22FeO2S-6. The van der Waals surface area contributed by atoms with Crippen LogP contribution in [0.2, 0.25) is 0 Å². The second-order valence-corrected chi connectivity index (χ2v) is 5.22. The normalized spacial score (nSPS) is 9.36. The number of ketones is 2. The van der Waals surface area contributed by atoms with Crippen LogP contribution in [0.15, 0.2) is 48.5 Å². The summed E-state index contributed by atoms with van der Waals surface area (Å²) in [5, 5.41) is 0. The summed E-state index contributed by atoms with van der Waals surface area (Å²) in [5.74, 6) is 1.27. The Bertz CT molecular complexity index is 515. The first kappa shape index (κ1) is 20.9. The van der Waals surface area contributed by atoms with Crippen LogP contribution in [0.3, 0.4) is 0 Å². The molecule has 0 N–H and O–H groups in total. The van der Waals surface area contributed by atoms with Gasteiger partial charge in [-0.2, -0.15) is 24.8 Å². The number of carbonyl (C=O) groups excluding carboxylic acids is 2. The number of rotatable bonds is 7. The molecule has 0 saturated carbocycles. The maximum Gasteiger partial charge on any atom is 0.108 e. The summed E-state index contributed by atoms with van der Waals surface area (Å²) in [7, 11) is 0. The Kier molecular flexibility index (Phi) is 11.8. The molecule has 2 aromatic rings. The number of carbonyl (C=O) groups is 2. The monoisotopic (exact) mass is 358 g/mol. The van der Waals surface area contributed by atoms with Crippen LogP contribution in [0, 0.1) is 0 Å². The average Bonchev–Trinajstić information content (AvgIpc) is 3.17. The van der Waals surface area contributed by atoms with Crippen molar-refractivity contribution in [2.24, 2.45) is 0 Å². The first-order valence-corrected chi connectivity index (χ1v) is 7.93. The molecule has 0 amide bonds. The third kappa shape index (κ3) is 7.79. The second kappa shape index (κ2) is 12.5. The van der Waals surface area contributed by atoms with E-state index in [9.17, 15) is 9.59 Å². The fourth-order valence-corrected chi connectivity index (χ4v) is 2.03. The van der Waals surface area contributed by atoms with Gasteiger partial charge in [-0.25, -0.2) is 12.1 Å². The molecule has 0 saturated heterocycles. The molecule has 0 radical (unpaired) electrons. The third-order valence-corrected chi connectivity index (χ3v) is 3.32. The van der Waals surface area contributed by atoms with Crippen molar-refractivity contribution in [3.63, 3.8) is 0 Å². The van der Waals surface area contributed by atoms with Crippen LogP contribution in [-0.4, -0.2) is 17.3 Å². The van der Waals surface area contributed by atoms with Crippen LogP contribution >= 0.6 is 12.6 Å². The summed E-state index contributed by atoms with van der Waals surface area (Å²) in [6.45, 7) is 2.01. The van der Waals surface area contributed by atoms with Crippen LogP contribution in [-0.2, 0) is 17.1 Å². The minimum Gasteiger partial charge on any atom is -0.718 e. The Balaban J connectivity index is 0.000000385. The van der Waals surface area contributed by atoms with E-state index in [-0.39, 0.29) is 28.6 Å². The van der Waals surface area contributed by atoms with Gasteiger partial charge in [-0.1, -0.05) is 18.9 Å². The number of hydrogen-bond donors (Lipinski definition) is 1. The molecule has 0 atom stereocenters. The summed E-state index contributed by atoms with van der Waals surface area (Å²) >= 11 is 4.04. The van der Waals surface area contributed by atoms with Gasteiger partial charge in [0.1, 0.15) is 5.78 Å². The molecule has 0 unspecified atom stereocenters. The molecule has 0 heterocycles. The molecule has 0 fully saturated rings. The van der Waals surface area contributed by atoms with Gasteiger partial charge in [0.25, 0.3) is 0 Å². The zero-order valence-corrected chi connectivity index (χ0v) is 14.8. The number of Topliss-reactive ketones (excluding diaryl/α,β-unsaturated/α-hetero) is 2. The first-order valence-electron chi connectivity index (χ1n) is 7.29. The molecule has 0 aliphatic rings. The number of thiol groups is 1. The van der Waals surface area contributed by atoms with Crippen molar-refractivity contribution in [2.75, 3.05) is 5.75 Å². The second-order valence-electron chi connectivity index (χ2n) is 4.77. The fraction of sp³-hybridized carbons (Fsp3) is 0.333. The van der Waals surface area contributed by atoms with Gasteiger partial charge in [0.2, 0.25) is 0 Å². The van der Waals surface area contributed by atoms with E-state index in [4.69, 9.17) is 0 Å². The molecule has 2 nitrogen and oxygen atoms in total. The van der Waals surface area contributed by atoms with Crippen LogP contribution < -0.4 is 0 Å². The zero-order chi connectivity index (χ0) is 15.5. The van der Waals surface area contributed by atoms with Gasteiger partial charge in [-0.05, 0) is 18.6 Å². The van der Waals surface area contributed by atoms with Gasteiger partial charge in [0.15, 0.2) is 0 Å². The molecule has 0 spiro atoms. The summed E-state index contributed by atoms with van der Waals surface area (Å²) < 4.78 is 0. The van der Waals surface area contributed by atoms with Crippen molar-refractivity contribution >= 4 is 24.2 Å². The Morgan fingerprint density at radius 3 is 2.14 bits per heavy atom. The maximum atomic E-state index is 11.2. The van der Waals surface area contributed by atoms with Gasteiger partial charge in [-0.3, -0.25) is 5.78 Å². The van der Waals surface area contributed by atoms with Crippen LogP contribution in [0.1, 0.15) is 53.3 Å². The molecule has 0 aliphatic heterocycles. The fourth-order valence-electron chi connectivity index (χ4n) is 1.88. The molecule has 2 aromatic carbocycles. The number of hydrogen-bond acceptors (Lipinski definition) is 3. The van der Waals surface area contributed by atoms with Gasteiger partial charge in [0.05, 0.1) is 0 Å². The van der Waals surface area contributed by atoms with E-state index >= 15 is 0 Å². The van der Waals surface area contributed by atoms with Gasteiger partial charge in [-0.15, -0.1) is 6.42 Å². The predicted octanol–water partition coefficient (Wildman–Crippen LogP) is 4.68. The van der Waals surface area contributed by atoms with E-state index in [0.717, 1.165) is 29.7 Å². The zero-order valence-electron chi connectivity index (χ0n) is 12.8.